The van der Waals surface area contributed by atoms with Crippen molar-refractivity contribution in [3.63, 3.8) is 0 Å². The molecule has 0 heterocycles. The van der Waals surface area contributed by atoms with Gasteiger partial charge in [-0.25, -0.2) is 0 Å². The maximum absolute atomic E-state index is 2.29. The second-order valence-electron chi connectivity index (χ2n) is 4.64. The Bertz CT molecular complexity index is 89.5. The monoisotopic (exact) mass is 287 g/mol. The summed E-state index contributed by atoms with van der Waals surface area (Å²) >= 11 is 1.72. The molecule has 0 aliphatic rings. The number of rotatable bonds is 12. The van der Waals surface area contributed by atoms with E-state index in [0.29, 0.717) is 0 Å². The van der Waals surface area contributed by atoms with Gasteiger partial charge in [0.25, 0.3) is 0 Å². The molecule has 0 nitrogen and oxygen atoms in total. The Hall–Kier alpha value is 0.883. The minimum absolute atomic E-state index is 1.37. The normalized spacial score (nSPS) is 10.7. The average molecular weight is 289 g/mol. The standard InChI is InChI=1S/C14H29.Zr/c1-3-5-7-9-11-13-14-12-10-8-6-4-2;/h1,3-14H2,2H3;. The summed E-state index contributed by atoms with van der Waals surface area (Å²) < 4.78 is 1.46. The van der Waals surface area contributed by atoms with Crippen molar-refractivity contribution >= 4 is 0 Å². The van der Waals surface area contributed by atoms with Crippen LogP contribution in [0.1, 0.15) is 84.0 Å². The molecule has 0 N–H and O–H groups in total. The van der Waals surface area contributed by atoms with Crippen LogP contribution < -0.4 is 0 Å². The molecule has 15 heavy (non-hydrogen) atoms. The summed E-state index contributed by atoms with van der Waals surface area (Å²) in [4.78, 5) is 0. The molecule has 89 valence electrons. The van der Waals surface area contributed by atoms with E-state index in [1.54, 1.807) is 24.7 Å². The summed E-state index contributed by atoms with van der Waals surface area (Å²) in [5, 5.41) is 0. The molecular weight excluding hydrogens is 259 g/mol. The van der Waals surface area contributed by atoms with Gasteiger partial charge in [-0.3, -0.25) is 0 Å². The van der Waals surface area contributed by atoms with Gasteiger partial charge in [-0.15, -0.1) is 0 Å². The second kappa shape index (κ2) is 14.9. The van der Waals surface area contributed by atoms with Gasteiger partial charge in [0.1, 0.15) is 0 Å². The summed E-state index contributed by atoms with van der Waals surface area (Å²) in [6.07, 6.45) is 17.7. The molecular formula is C14H29Zr. The van der Waals surface area contributed by atoms with Gasteiger partial charge in [0, 0.05) is 0 Å². The van der Waals surface area contributed by atoms with Crippen molar-refractivity contribution < 1.29 is 24.7 Å². The van der Waals surface area contributed by atoms with Crippen molar-refractivity contribution in [2.45, 2.75) is 88.1 Å². The number of hydrogen-bond acceptors (Lipinski definition) is 0. The van der Waals surface area contributed by atoms with Crippen LogP contribution in [0.5, 0.6) is 0 Å². The van der Waals surface area contributed by atoms with Crippen molar-refractivity contribution in [2.24, 2.45) is 0 Å². The molecule has 1 heteroatoms. The molecule has 0 amide bonds. The van der Waals surface area contributed by atoms with Crippen LogP contribution >= 0.6 is 0 Å². The minimum atomic E-state index is 1.37. The Morgan fingerprint density at radius 3 is 1.20 bits per heavy atom. The zero-order valence-electron chi connectivity index (χ0n) is 10.7. The molecule has 0 radical (unpaired) electrons. The third-order valence-corrected chi connectivity index (χ3v) is 3.90. The van der Waals surface area contributed by atoms with E-state index >= 15 is 0 Å². The fourth-order valence-electron chi connectivity index (χ4n) is 1.97. The van der Waals surface area contributed by atoms with Gasteiger partial charge in [0.2, 0.25) is 0 Å². The van der Waals surface area contributed by atoms with E-state index in [0.717, 1.165) is 0 Å². The summed E-state index contributed by atoms with van der Waals surface area (Å²) in [5.74, 6) is 0. The van der Waals surface area contributed by atoms with Crippen LogP contribution in [-0.2, 0) is 24.7 Å². The average Bonchev–Trinajstić information content (AvgIpc) is 2.26. The van der Waals surface area contributed by atoms with Crippen molar-refractivity contribution in [1.29, 1.82) is 0 Å². The number of hydrogen-bond donors (Lipinski definition) is 0. The van der Waals surface area contributed by atoms with Gasteiger partial charge in [-0.2, -0.15) is 0 Å². The Kier molecular flexibility index (Phi) is 15.8. The quantitative estimate of drug-likeness (QED) is 0.407. The van der Waals surface area contributed by atoms with Crippen LogP contribution in [0.3, 0.4) is 0 Å². The van der Waals surface area contributed by atoms with Crippen molar-refractivity contribution in [1.82, 2.24) is 0 Å². The summed E-state index contributed by atoms with van der Waals surface area (Å²) in [6, 6.07) is 0. The molecule has 0 aromatic rings. The van der Waals surface area contributed by atoms with E-state index in [1.807, 2.05) is 0 Å². The molecule has 0 saturated heterocycles. The fraction of sp³-hybridized carbons (Fsp3) is 1.00. The Balaban J connectivity index is 2.81. The molecule has 0 spiro atoms. The third-order valence-electron chi connectivity index (χ3n) is 3.03. The van der Waals surface area contributed by atoms with Crippen molar-refractivity contribution in [3.05, 3.63) is 0 Å². The van der Waals surface area contributed by atoms with Gasteiger partial charge in [0.15, 0.2) is 0 Å². The Labute approximate surface area is 112 Å². The zero-order valence-corrected chi connectivity index (χ0v) is 13.2. The van der Waals surface area contributed by atoms with Crippen molar-refractivity contribution in [2.75, 3.05) is 0 Å². The number of unbranched alkanes of at least 4 members (excludes halogenated alkanes) is 11. The molecule has 0 aromatic heterocycles. The SMILES string of the molecule is CCCCCCCCCCCCC[CH2][Zr]. The first-order valence-electron chi connectivity index (χ1n) is 7.06. The molecule has 0 rings (SSSR count). The van der Waals surface area contributed by atoms with Gasteiger partial charge >= 0.3 is 99.5 Å². The Morgan fingerprint density at radius 1 is 0.533 bits per heavy atom. The van der Waals surface area contributed by atoms with Crippen LogP contribution in [-0.4, -0.2) is 0 Å². The van der Waals surface area contributed by atoms with Gasteiger partial charge < -0.3 is 0 Å². The third kappa shape index (κ3) is 14.9. The molecule has 0 fully saturated rings. The van der Waals surface area contributed by atoms with Crippen LogP contribution in [0.2, 0.25) is 4.13 Å². The van der Waals surface area contributed by atoms with E-state index in [2.05, 4.69) is 6.92 Å². The second-order valence-corrected chi connectivity index (χ2v) is 5.87. The topological polar surface area (TPSA) is 0 Å². The molecule has 0 aromatic carbocycles. The van der Waals surface area contributed by atoms with E-state index in [9.17, 15) is 0 Å². The maximum atomic E-state index is 2.29. The van der Waals surface area contributed by atoms with Crippen LogP contribution in [0.25, 0.3) is 0 Å². The van der Waals surface area contributed by atoms with E-state index in [4.69, 9.17) is 0 Å². The molecule has 0 bridgehead atoms. The predicted octanol–water partition coefficient (Wildman–Crippen LogP) is 5.65. The molecule has 0 aliphatic carbocycles. The summed E-state index contributed by atoms with van der Waals surface area (Å²) in [5.41, 5.74) is 0. The first-order valence-corrected chi connectivity index (χ1v) is 8.80. The van der Waals surface area contributed by atoms with Gasteiger partial charge in [0.05, 0.1) is 0 Å². The van der Waals surface area contributed by atoms with Crippen molar-refractivity contribution in [3.8, 4) is 0 Å². The van der Waals surface area contributed by atoms with Gasteiger partial charge in [-0.1, -0.05) is 13.3 Å². The molecule has 0 aliphatic heterocycles. The van der Waals surface area contributed by atoms with Crippen LogP contribution in [0.15, 0.2) is 0 Å². The Morgan fingerprint density at radius 2 is 0.867 bits per heavy atom. The van der Waals surface area contributed by atoms with Gasteiger partial charge in [-0.05, 0) is 0 Å². The summed E-state index contributed by atoms with van der Waals surface area (Å²) in [6.45, 7) is 2.29. The van der Waals surface area contributed by atoms with E-state index in [1.165, 1.54) is 81.2 Å². The fourth-order valence-corrected chi connectivity index (χ4v) is 2.58. The molecule has 0 atom stereocenters. The van der Waals surface area contributed by atoms with E-state index in [-0.39, 0.29) is 0 Å². The first-order chi connectivity index (χ1) is 7.41. The van der Waals surface area contributed by atoms with E-state index < -0.39 is 0 Å². The van der Waals surface area contributed by atoms with Crippen LogP contribution in [0.4, 0.5) is 0 Å². The predicted molar refractivity (Wildman–Crippen MR) is 65.9 cm³/mol. The first kappa shape index (κ1) is 15.9. The zero-order chi connectivity index (χ0) is 11.2. The van der Waals surface area contributed by atoms with Crippen LogP contribution in [0, 0.1) is 0 Å². The molecule has 0 unspecified atom stereocenters. The molecule has 0 saturated carbocycles. The summed E-state index contributed by atoms with van der Waals surface area (Å²) in [7, 11) is 0.